The standard InChI is InChI=1S/C21H23N9O7S3.Na/c1-29-21(25-15(32)16(33)26-29)39-7-8-6-38-18-11(17(34)30(18)12(8)19(35)36)23-14(31)10(13-24-20(22)40-28-13)27-37-9-4-2-3-5-9;/h9,11,18H,2-7H2,1H3,(H,23,31)(H,26,33)(H,35,36)(H2,22,24,28);/q;+1/p-1/t11?,18-;/m1./s1. The molecule has 0 spiro atoms. The number of hydrogen-bond donors (Lipinski definition) is 3. The van der Waals surface area contributed by atoms with Crippen molar-refractivity contribution in [1.29, 1.82) is 0 Å². The number of hydrogen-bond acceptors (Lipinski definition) is 15. The van der Waals surface area contributed by atoms with Gasteiger partial charge in [0.15, 0.2) is 10.3 Å². The molecule has 2 aromatic rings. The van der Waals surface area contributed by atoms with Gasteiger partial charge in [-0.1, -0.05) is 16.9 Å². The third-order valence-corrected chi connectivity index (χ3v) is 9.31. The minimum absolute atomic E-state index is 0. The molecule has 2 amide bonds. The fraction of sp³-hybridized carbons (Fsp3) is 0.476. The predicted octanol–water partition coefficient (Wildman–Crippen LogP) is -5.23. The molecule has 2 aliphatic heterocycles. The molecular weight excluding hydrogens is 609 g/mol. The van der Waals surface area contributed by atoms with Crippen molar-refractivity contribution in [2.45, 2.75) is 48.4 Å². The van der Waals surface area contributed by atoms with Gasteiger partial charge in [-0.3, -0.25) is 33.9 Å². The number of aliphatic carboxylic acids is 1. The zero-order chi connectivity index (χ0) is 28.6. The summed E-state index contributed by atoms with van der Waals surface area (Å²) in [5.41, 5.74) is 3.62. The van der Waals surface area contributed by atoms with Crippen LogP contribution < -0.4 is 56.8 Å². The van der Waals surface area contributed by atoms with Gasteiger partial charge < -0.3 is 25.8 Å². The van der Waals surface area contributed by atoms with Crippen LogP contribution >= 0.6 is 35.1 Å². The number of carbonyl (C=O) groups excluding carboxylic acids is 3. The maximum absolute atomic E-state index is 13.2. The summed E-state index contributed by atoms with van der Waals surface area (Å²) in [6, 6.07) is -1.05. The molecule has 0 aromatic carbocycles. The van der Waals surface area contributed by atoms with Crippen LogP contribution in [0.1, 0.15) is 31.5 Å². The molecule has 3 aliphatic rings. The maximum atomic E-state index is 13.2. The number of carboxylic acid groups (broad SMARTS) is 1. The topological polar surface area (TPSA) is 231 Å². The van der Waals surface area contributed by atoms with Crippen LogP contribution in [0.2, 0.25) is 0 Å². The van der Waals surface area contributed by atoms with E-state index in [-0.39, 0.29) is 74.7 Å². The molecule has 1 saturated carbocycles. The van der Waals surface area contributed by atoms with Crippen LogP contribution in [0.5, 0.6) is 0 Å². The Morgan fingerprint density at radius 2 is 2.00 bits per heavy atom. The Hall–Kier alpha value is -2.71. The number of nitrogens with two attached hydrogens (primary N) is 1. The van der Waals surface area contributed by atoms with Gasteiger partial charge in [-0.2, -0.15) is 14.3 Å². The molecule has 4 heterocycles. The van der Waals surface area contributed by atoms with Gasteiger partial charge in [0.25, 0.3) is 11.8 Å². The Bertz CT molecular complexity index is 1550. The van der Waals surface area contributed by atoms with Gasteiger partial charge in [0, 0.05) is 30.1 Å². The molecule has 5 rings (SSSR count). The summed E-state index contributed by atoms with van der Waals surface area (Å²) in [5.74, 6) is -2.76. The smallest absolute Gasteiger partial charge is 0.543 e. The number of aromatic nitrogens is 5. The summed E-state index contributed by atoms with van der Waals surface area (Å²) < 4.78 is 5.28. The number of nitrogens with one attached hydrogen (secondary N) is 2. The number of nitrogens with zero attached hydrogens (tertiary/aromatic N) is 6. The second-order valence-electron chi connectivity index (χ2n) is 9.00. The van der Waals surface area contributed by atoms with Crippen molar-refractivity contribution < 1.29 is 53.9 Å². The van der Waals surface area contributed by atoms with Crippen molar-refractivity contribution in [3.63, 3.8) is 0 Å². The third kappa shape index (κ3) is 6.54. The van der Waals surface area contributed by atoms with Crippen molar-refractivity contribution in [2.75, 3.05) is 17.2 Å². The number of aromatic amines is 1. The van der Waals surface area contributed by atoms with E-state index < -0.39 is 40.3 Å². The molecule has 1 unspecified atom stereocenters. The van der Waals surface area contributed by atoms with Crippen LogP contribution in [0.3, 0.4) is 0 Å². The largest absolute Gasteiger partial charge is 1.00 e. The van der Waals surface area contributed by atoms with Gasteiger partial charge in [-0.15, -0.1) is 11.8 Å². The Morgan fingerprint density at radius 1 is 1.27 bits per heavy atom. The second kappa shape index (κ2) is 13.1. The average molecular weight is 632 g/mol. The van der Waals surface area contributed by atoms with Gasteiger partial charge in [-0.05, 0) is 31.3 Å². The van der Waals surface area contributed by atoms with E-state index in [1.54, 1.807) is 0 Å². The number of thioether (sulfide) groups is 2. The molecule has 1 saturated heterocycles. The van der Waals surface area contributed by atoms with Gasteiger partial charge >= 0.3 is 40.7 Å². The van der Waals surface area contributed by atoms with Crippen molar-refractivity contribution in [3.8, 4) is 0 Å². The monoisotopic (exact) mass is 631 g/mol. The average Bonchev–Trinajstić information content (AvgIpc) is 3.60. The predicted molar refractivity (Wildman–Crippen MR) is 142 cm³/mol. The van der Waals surface area contributed by atoms with Crippen molar-refractivity contribution in [3.05, 3.63) is 37.8 Å². The first-order valence-electron chi connectivity index (χ1n) is 12.0. The van der Waals surface area contributed by atoms with E-state index in [0.717, 1.165) is 53.9 Å². The quantitative estimate of drug-likeness (QED) is 0.0587. The molecule has 0 radical (unpaired) electrons. The molecule has 2 fully saturated rings. The summed E-state index contributed by atoms with van der Waals surface area (Å²) >= 11 is 3.14. The van der Waals surface area contributed by atoms with E-state index in [1.165, 1.54) is 23.5 Å². The molecular formula is C21H22N9NaO7S3. The fourth-order valence-electron chi connectivity index (χ4n) is 4.37. The summed E-state index contributed by atoms with van der Waals surface area (Å²) in [7, 11) is 1.48. The normalized spacial score (nSPS) is 20.8. The summed E-state index contributed by atoms with van der Waals surface area (Å²) in [6.45, 7) is 0. The second-order valence-corrected chi connectivity index (χ2v) is 11.8. The van der Waals surface area contributed by atoms with Crippen LogP contribution in [-0.2, 0) is 26.3 Å². The molecule has 0 bridgehead atoms. The molecule has 4 N–H and O–H groups in total. The minimum atomic E-state index is -1.56. The zero-order valence-corrected chi connectivity index (χ0v) is 26.3. The Balaban J connectivity index is 0.00000387. The first kappa shape index (κ1) is 31.2. The number of anilines is 1. The molecule has 41 heavy (non-hydrogen) atoms. The zero-order valence-electron chi connectivity index (χ0n) is 21.8. The molecule has 1 aliphatic carbocycles. The number of nitrogen functional groups attached to an aromatic ring is 1. The number of carbonyl (C=O) groups is 3. The van der Waals surface area contributed by atoms with Crippen LogP contribution in [-0.4, -0.2) is 81.5 Å². The first-order valence-corrected chi connectivity index (χ1v) is 14.8. The number of β-lactam (4-membered cyclic amide) rings is 1. The van der Waals surface area contributed by atoms with Crippen molar-refractivity contribution in [1.82, 2.24) is 34.3 Å². The van der Waals surface area contributed by atoms with Crippen LogP contribution in [0.25, 0.3) is 0 Å². The molecule has 2 aromatic heterocycles. The fourth-order valence-corrected chi connectivity index (χ4v) is 7.21. The minimum Gasteiger partial charge on any atom is -0.543 e. The molecule has 212 valence electrons. The van der Waals surface area contributed by atoms with Gasteiger partial charge in [0.1, 0.15) is 17.5 Å². The molecule has 20 heteroatoms. The van der Waals surface area contributed by atoms with E-state index >= 15 is 0 Å². The Labute approximate surface area is 266 Å². The van der Waals surface area contributed by atoms with E-state index in [1.807, 2.05) is 0 Å². The van der Waals surface area contributed by atoms with Gasteiger partial charge in [-0.25, -0.2) is 0 Å². The van der Waals surface area contributed by atoms with Crippen molar-refractivity contribution in [2.24, 2.45) is 12.2 Å². The molecule has 2 atom stereocenters. The summed E-state index contributed by atoms with van der Waals surface area (Å²) in [4.78, 5) is 75.7. The molecule has 16 nitrogen and oxygen atoms in total. The Morgan fingerprint density at radius 3 is 2.66 bits per heavy atom. The number of carboxylic acids is 1. The van der Waals surface area contributed by atoms with E-state index in [0.29, 0.717) is 5.57 Å². The van der Waals surface area contributed by atoms with Crippen LogP contribution in [0.15, 0.2) is 31.2 Å². The SMILES string of the molecule is Cn1[nH]c(=O)c(=O)nc1SCC1=C(C(=O)[O-])N2C(=O)C(NC(=O)C(=NOC3CCCC3)c3nsc(N)n3)[C@H]2SC1.[Na+]. The summed E-state index contributed by atoms with van der Waals surface area (Å²) in [6.07, 6.45) is 3.43. The van der Waals surface area contributed by atoms with E-state index in [9.17, 15) is 29.1 Å². The number of H-pyrrole nitrogens is 1. The van der Waals surface area contributed by atoms with Crippen LogP contribution in [0.4, 0.5) is 5.13 Å². The third-order valence-electron chi connectivity index (χ3n) is 6.31. The Kier molecular flexibility index (Phi) is 9.96. The van der Waals surface area contributed by atoms with Crippen LogP contribution in [0, 0.1) is 0 Å². The van der Waals surface area contributed by atoms with E-state index in [2.05, 4.69) is 29.9 Å². The van der Waals surface area contributed by atoms with Crippen molar-refractivity contribution >= 4 is 63.7 Å². The van der Waals surface area contributed by atoms with E-state index in [4.69, 9.17) is 10.6 Å². The van der Waals surface area contributed by atoms with Gasteiger partial charge in [0.05, 0.1) is 11.7 Å². The summed E-state index contributed by atoms with van der Waals surface area (Å²) in [5, 5.41) is 20.5. The number of fused-ring (bicyclic) bond motifs is 1. The number of amides is 2. The number of oxime groups is 1. The number of rotatable bonds is 9. The first-order chi connectivity index (χ1) is 19.1. The number of aryl methyl sites for hydroxylation is 1. The maximum Gasteiger partial charge on any atom is 1.00 e. The van der Waals surface area contributed by atoms with Gasteiger partial charge in [0.2, 0.25) is 11.5 Å².